The third kappa shape index (κ3) is 7.31. The van der Waals surface area contributed by atoms with Crippen LogP contribution >= 0.6 is 0 Å². The van der Waals surface area contributed by atoms with Gasteiger partial charge >= 0.3 is 0 Å². The number of nitrogens with zero attached hydrogens (tertiary/aromatic N) is 1. The van der Waals surface area contributed by atoms with Gasteiger partial charge in [-0.25, -0.2) is 0 Å². The van der Waals surface area contributed by atoms with Crippen LogP contribution in [0.15, 0.2) is 0 Å². The molecule has 0 radical (unpaired) electrons. The molecule has 110 valence electrons. The summed E-state index contributed by atoms with van der Waals surface area (Å²) in [7, 11) is 3.50. The quantitative estimate of drug-likeness (QED) is 0.650. The Balaban J connectivity index is 4.58. The fourth-order valence-electron chi connectivity index (χ4n) is 2.11. The Bertz CT molecular complexity index is 208. The highest BCUT2D eigenvalue weighted by atomic mass is 16.5. The maximum Gasteiger partial charge on any atom is 0.0638 e. The molecule has 0 saturated heterocycles. The molecular weight excluding hydrogens is 228 g/mol. The van der Waals surface area contributed by atoms with Gasteiger partial charge in [-0.2, -0.15) is 0 Å². The van der Waals surface area contributed by atoms with Gasteiger partial charge in [0.2, 0.25) is 0 Å². The van der Waals surface area contributed by atoms with Gasteiger partial charge in [-0.1, -0.05) is 13.8 Å². The molecule has 0 aromatic carbocycles. The Labute approximate surface area is 113 Å². The van der Waals surface area contributed by atoms with E-state index < -0.39 is 0 Å². The molecule has 0 amide bonds. The predicted molar refractivity (Wildman–Crippen MR) is 76.8 cm³/mol. The second kappa shape index (κ2) is 8.86. The van der Waals surface area contributed by atoms with Crippen LogP contribution in [0.25, 0.3) is 0 Å². The largest absolute Gasteiger partial charge is 0.383 e. The lowest BCUT2D eigenvalue weighted by atomic mass is 9.97. The van der Waals surface area contributed by atoms with E-state index in [-0.39, 0.29) is 5.60 Å². The maximum atomic E-state index is 5.94. The number of nitrogens with two attached hydrogens (primary N) is 1. The summed E-state index contributed by atoms with van der Waals surface area (Å²) in [5.74, 6) is 0.626. The molecule has 0 fully saturated rings. The predicted octanol–water partition coefficient (Wildman–Crippen LogP) is 1.73. The minimum atomic E-state index is -0.133. The third-order valence-electron chi connectivity index (χ3n) is 3.25. The maximum absolute atomic E-state index is 5.94. The Morgan fingerprint density at radius 3 is 2.22 bits per heavy atom. The van der Waals surface area contributed by atoms with Gasteiger partial charge in [0.25, 0.3) is 0 Å². The summed E-state index contributed by atoms with van der Waals surface area (Å²) in [5, 5.41) is 0. The van der Waals surface area contributed by atoms with Crippen LogP contribution in [0.5, 0.6) is 0 Å². The van der Waals surface area contributed by atoms with Crippen LogP contribution in [0.4, 0.5) is 0 Å². The van der Waals surface area contributed by atoms with Crippen LogP contribution in [0.1, 0.15) is 34.1 Å². The van der Waals surface area contributed by atoms with Crippen LogP contribution in [-0.4, -0.2) is 57.0 Å². The monoisotopic (exact) mass is 260 g/mol. The van der Waals surface area contributed by atoms with E-state index in [1.807, 2.05) is 0 Å². The van der Waals surface area contributed by atoms with Crippen LogP contribution < -0.4 is 5.73 Å². The topological polar surface area (TPSA) is 47.7 Å². The lowest BCUT2D eigenvalue weighted by Crippen LogP contribution is -2.47. The van der Waals surface area contributed by atoms with Crippen molar-refractivity contribution in [3.63, 3.8) is 0 Å². The fraction of sp³-hybridized carbons (Fsp3) is 1.00. The zero-order chi connectivity index (χ0) is 14.2. The summed E-state index contributed by atoms with van der Waals surface area (Å²) in [6.07, 6.45) is 0.941. The first-order valence-corrected chi connectivity index (χ1v) is 6.84. The molecule has 0 bridgehead atoms. The Kier molecular flexibility index (Phi) is 8.78. The van der Waals surface area contributed by atoms with E-state index in [9.17, 15) is 0 Å². The Hall–Kier alpha value is -0.160. The van der Waals surface area contributed by atoms with Crippen molar-refractivity contribution < 1.29 is 9.47 Å². The average molecular weight is 260 g/mol. The van der Waals surface area contributed by atoms with Crippen molar-refractivity contribution in [1.29, 1.82) is 0 Å². The molecule has 4 heteroatoms. The SMILES string of the molecule is COCCN(CC(C)C)C(CN)CC(C)(C)OC. The van der Waals surface area contributed by atoms with Crippen LogP contribution in [0.3, 0.4) is 0 Å². The van der Waals surface area contributed by atoms with E-state index in [1.165, 1.54) is 0 Å². The zero-order valence-electron chi connectivity index (χ0n) is 13.0. The Morgan fingerprint density at radius 1 is 1.22 bits per heavy atom. The molecule has 2 N–H and O–H groups in total. The molecule has 1 unspecified atom stereocenters. The molecule has 0 aromatic rings. The molecule has 0 heterocycles. The summed E-state index contributed by atoms with van der Waals surface area (Å²) in [6.45, 7) is 12.1. The van der Waals surface area contributed by atoms with Crippen molar-refractivity contribution in [3.05, 3.63) is 0 Å². The van der Waals surface area contributed by atoms with Crippen molar-refractivity contribution in [2.45, 2.75) is 45.8 Å². The first-order valence-electron chi connectivity index (χ1n) is 6.84. The molecule has 0 rings (SSSR count). The standard InChI is InChI=1S/C14H32N2O2/c1-12(2)11-16(7-8-17-5)13(10-15)9-14(3,4)18-6/h12-13H,7-11,15H2,1-6H3. The second-order valence-corrected chi connectivity index (χ2v) is 5.94. The van der Waals surface area contributed by atoms with Crippen molar-refractivity contribution in [1.82, 2.24) is 4.90 Å². The number of hydrogen-bond acceptors (Lipinski definition) is 4. The van der Waals surface area contributed by atoms with Gasteiger partial charge in [-0.3, -0.25) is 4.90 Å². The van der Waals surface area contributed by atoms with Gasteiger partial charge in [-0.15, -0.1) is 0 Å². The van der Waals surface area contributed by atoms with E-state index >= 15 is 0 Å². The molecule has 0 spiro atoms. The minimum absolute atomic E-state index is 0.133. The van der Waals surface area contributed by atoms with Crippen molar-refractivity contribution in [2.24, 2.45) is 11.7 Å². The molecule has 0 aliphatic carbocycles. The number of rotatable bonds is 10. The summed E-state index contributed by atoms with van der Waals surface area (Å²) in [4.78, 5) is 2.43. The summed E-state index contributed by atoms with van der Waals surface area (Å²) >= 11 is 0. The van der Waals surface area contributed by atoms with Gasteiger partial charge in [0.1, 0.15) is 0 Å². The molecule has 0 aliphatic rings. The van der Waals surface area contributed by atoms with E-state index in [0.29, 0.717) is 18.5 Å². The van der Waals surface area contributed by atoms with E-state index in [4.69, 9.17) is 15.2 Å². The van der Waals surface area contributed by atoms with E-state index in [1.54, 1.807) is 14.2 Å². The second-order valence-electron chi connectivity index (χ2n) is 5.94. The zero-order valence-corrected chi connectivity index (χ0v) is 13.0. The molecule has 4 nitrogen and oxygen atoms in total. The van der Waals surface area contributed by atoms with Gasteiger partial charge in [0.05, 0.1) is 12.2 Å². The fourth-order valence-corrected chi connectivity index (χ4v) is 2.11. The lowest BCUT2D eigenvalue weighted by Gasteiger charge is -2.36. The summed E-state index contributed by atoms with van der Waals surface area (Å²) in [5.41, 5.74) is 5.81. The highest BCUT2D eigenvalue weighted by molar-refractivity contribution is 4.82. The highest BCUT2D eigenvalue weighted by Crippen LogP contribution is 2.19. The number of ether oxygens (including phenoxy) is 2. The van der Waals surface area contributed by atoms with Crippen molar-refractivity contribution >= 4 is 0 Å². The Morgan fingerprint density at radius 2 is 1.83 bits per heavy atom. The highest BCUT2D eigenvalue weighted by Gasteiger charge is 2.26. The molecule has 1 atom stereocenters. The normalized spacial score (nSPS) is 14.5. The minimum Gasteiger partial charge on any atom is -0.383 e. The molecule has 18 heavy (non-hydrogen) atoms. The third-order valence-corrected chi connectivity index (χ3v) is 3.25. The first-order chi connectivity index (χ1) is 8.36. The molecule has 0 aliphatic heterocycles. The van der Waals surface area contributed by atoms with Crippen molar-refractivity contribution in [3.8, 4) is 0 Å². The van der Waals surface area contributed by atoms with Crippen molar-refractivity contribution in [2.75, 3.05) is 40.5 Å². The van der Waals surface area contributed by atoms with E-state index in [2.05, 4.69) is 32.6 Å². The molecule has 0 saturated carbocycles. The number of hydrogen-bond donors (Lipinski definition) is 1. The average Bonchev–Trinajstić information content (AvgIpc) is 2.31. The van der Waals surface area contributed by atoms with E-state index in [0.717, 1.165) is 26.1 Å². The molecule has 0 aromatic heterocycles. The lowest BCUT2D eigenvalue weighted by molar-refractivity contribution is -0.0121. The number of methoxy groups -OCH3 is 2. The van der Waals surface area contributed by atoms with Gasteiger partial charge in [0.15, 0.2) is 0 Å². The van der Waals surface area contributed by atoms with Crippen LogP contribution in [-0.2, 0) is 9.47 Å². The molecular formula is C14H32N2O2. The summed E-state index contributed by atoms with van der Waals surface area (Å²) in [6, 6.07) is 0.345. The smallest absolute Gasteiger partial charge is 0.0638 e. The van der Waals surface area contributed by atoms with Crippen LogP contribution in [0.2, 0.25) is 0 Å². The first kappa shape index (κ1) is 17.8. The summed E-state index contributed by atoms with van der Waals surface area (Å²) < 4.78 is 10.7. The van der Waals surface area contributed by atoms with Gasteiger partial charge < -0.3 is 15.2 Å². The van der Waals surface area contributed by atoms with Crippen LogP contribution in [0, 0.1) is 5.92 Å². The van der Waals surface area contributed by atoms with Gasteiger partial charge in [0, 0.05) is 39.9 Å². The van der Waals surface area contributed by atoms with Gasteiger partial charge in [-0.05, 0) is 26.2 Å².